The molecule has 0 radical (unpaired) electrons. The van der Waals surface area contributed by atoms with Gasteiger partial charge in [-0.15, -0.1) is 0 Å². The van der Waals surface area contributed by atoms with E-state index in [1.165, 1.54) is 12.1 Å². The number of rotatable bonds is 5. The Bertz CT molecular complexity index is 177. The summed E-state index contributed by atoms with van der Waals surface area (Å²) in [5.74, 6) is 0. The van der Waals surface area contributed by atoms with Gasteiger partial charge in [-0.05, 0) is 20.4 Å². The maximum atomic E-state index is 3.40. The highest BCUT2D eigenvalue weighted by atomic mass is 15.3. The van der Waals surface area contributed by atoms with Crippen LogP contribution < -0.4 is 10.6 Å². The predicted octanol–water partition coefficient (Wildman–Crippen LogP) is 1.10. The molecule has 1 heterocycles. The molecule has 0 amide bonds. The van der Waals surface area contributed by atoms with E-state index < -0.39 is 0 Å². The van der Waals surface area contributed by atoms with E-state index in [1.807, 2.05) is 7.05 Å². The lowest BCUT2D eigenvalue weighted by Gasteiger charge is -2.21. The van der Waals surface area contributed by atoms with E-state index in [-0.39, 0.29) is 0 Å². The summed E-state index contributed by atoms with van der Waals surface area (Å²) < 4.78 is 0. The van der Waals surface area contributed by atoms with Crippen LogP contribution in [0.15, 0.2) is 11.9 Å². The van der Waals surface area contributed by atoms with Crippen LogP contribution in [0.4, 0.5) is 0 Å². The average molecular weight is 183 g/mol. The van der Waals surface area contributed by atoms with Crippen LogP contribution in [0.25, 0.3) is 0 Å². The fourth-order valence-corrected chi connectivity index (χ4v) is 1.41. The highest BCUT2D eigenvalue weighted by Crippen LogP contribution is 2.12. The number of nitrogens with zero attached hydrogens (tertiary/aromatic N) is 1. The third-order valence-corrected chi connectivity index (χ3v) is 2.61. The fourth-order valence-electron chi connectivity index (χ4n) is 1.41. The molecule has 0 aliphatic carbocycles. The molecule has 0 aromatic rings. The molecule has 2 N–H and O–H groups in total. The molecule has 1 unspecified atom stereocenters. The maximum absolute atomic E-state index is 3.40. The smallest absolute Gasteiger partial charge is 0.0872 e. The number of hydrogen-bond donors (Lipinski definition) is 2. The topological polar surface area (TPSA) is 27.3 Å². The highest BCUT2D eigenvalue weighted by molar-refractivity contribution is 5.05. The van der Waals surface area contributed by atoms with E-state index in [2.05, 4.69) is 35.6 Å². The Morgan fingerprint density at radius 3 is 3.08 bits per heavy atom. The Morgan fingerprint density at radius 2 is 2.46 bits per heavy atom. The molecule has 1 rings (SSSR count). The average Bonchev–Trinajstić information content (AvgIpc) is 2.62. The quantitative estimate of drug-likeness (QED) is 0.668. The van der Waals surface area contributed by atoms with Gasteiger partial charge in [0, 0.05) is 30.9 Å². The van der Waals surface area contributed by atoms with Crippen molar-refractivity contribution in [2.75, 3.05) is 20.3 Å². The van der Waals surface area contributed by atoms with Gasteiger partial charge in [0.15, 0.2) is 0 Å². The first-order chi connectivity index (χ1) is 6.27. The van der Waals surface area contributed by atoms with Gasteiger partial charge in [-0.1, -0.05) is 6.92 Å². The highest BCUT2D eigenvalue weighted by Gasteiger charge is 2.14. The molecule has 1 atom stereocenters. The number of hydrogen-bond acceptors (Lipinski definition) is 3. The molecule has 76 valence electrons. The SMILES string of the molecule is CCC(C)N1C=C(CCNC)NC1. The number of nitrogens with one attached hydrogen (secondary N) is 2. The van der Waals surface area contributed by atoms with Crippen molar-refractivity contribution in [3.05, 3.63) is 11.9 Å². The lowest BCUT2D eigenvalue weighted by Crippen LogP contribution is -2.29. The van der Waals surface area contributed by atoms with E-state index in [9.17, 15) is 0 Å². The van der Waals surface area contributed by atoms with Crippen LogP contribution in [0.2, 0.25) is 0 Å². The fraction of sp³-hybridized carbons (Fsp3) is 0.800. The molecule has 13 heavy (non-hydrogen) atoms. The minimum atomic E-state index is 0.652. The first-order valence-corrected chi connectivity index (χ1v) is 5.12. The molecule has 0 aromatic heterocycles. The normalized spacial score (nSPS) is 18.4. The van der Waals surface area contributed by atoms with Crippen LogP contribution in [-0.2, 0) is 0 Å². The summed E-state index contributed by atoms with van der Waals surface area (Å²) in [6, 6.07) is 0.652. The van der Waals surface area contributed by atoms with Crippen molar-refractivity contribution in [3.63, 3.8) is 0 Å². The van der Waals surface area contributed by atoms with Crippen molar-refractivity contribution >= 4 is 0 Å². The van der Waals surface area contributed by atoms with E-state index in [1.54, 1.807) is 0 Å². The lowest BCUT2D eigenvalue weighted by molar-refractivity contribution is 0.298. The Balaban J connectivity index is 2.34. The summed E-state index contributed by atoms with van der Waals surface area (Å²) >= 11 is 0. The van der Waals surface area contributed by atoms with E-state index in [0.29, 0.717) is 6.04 Å². The predicted molar refractivity (Wildman–Crippen MR) is 56.2 cm³/mol. The zero-order valence-electron chi connectivity index (χ0n) is 8.93. The maximum Gasteiger partial charge on any atom is 0.0872 e. The van der Waals surface area contributed by atoms with Crippen LogP contribution in [0, 0.1) is 0 Å². The third kappa shape index (κ3) is 2.92. The van der Waals surface area contributed by atoms with Crippen molar-refractivity contribution in [2.24, 2.45) is 0 Å². The van der Waals surface area contributed by atoms with Gasteiger partial charge in [0.1, 0.15) is 0 Å². The first kappa shape index (κ1) is 10.4. The molecule has 3 heteroatoms. The van der Waals surface area contributed by atoms with Gasteiger partial charge < -0.3 is 15.5 Å². The summed E-state index contributed by atoms with van der Waals surface area (Å²) in [6.07, 6.45) is 4.56. The molecular formula is C10H21N3. The van der Waals surface area contributed by atoms with Gasteiger partial charge in [-0.3, -0.25) is 0 Å². The lowest BCUT2D eigenvalue weighted by atomic mass is 10.2. The summed E-state index contributed by atoms with van der Waals surface area (Å²) in [5, 5.41) is 6.56. The molecule has 3 nitrogen and oxygen atoms in total. The van der Waals surface area contributed by atoms with Crippen molar-refractivity contribution in [3.8, 4) is 0 Å². The van der Waals surface area contributed by atoms with E-state index in [4.69, 9.17) is 0 Å². The minimum absolute atomic E-state index is 0.652. The Kier molecular flexibility index (Phi) is 4.09. The van der Waals surface area contributed by atoms with Gasteiger partial charge in [0.25, 0.3) is 0 Å². The molecule has 0 fully saturated rings. The zero-order chi connectivity index (χ0) is 9.68. The zero-order valence-corrected chi connectivity index (χ0v) is 8.93. The summed E-state index contributed by atoms with van der Waals surface area (Å²) in [6.45, 7) is 6.52. The Labute approximate surface area is 81.2 Å². The molecule has 0 bridgehead atoms. The van der Waals surface area contributed by atoms with Crippen molar-refractivity contribution in [2.45, 2.75) is 32.7 Å². The van der Waals surface area contributed by atoms with Crippen LogP contribution in [0.3, 0.4) is 0 Å². The molecule has 0 saturated heterocycles. The van der Waals surface area contributed by atoms with Gasteiger partial charge in [0.05, 0.1) is 6.67 Å². The van der Waals surface area contributed by atoms with Gasteiger partial charge >= 0.3 is 0 Å². The monoisotopic (exact) mass is 183 g/mol. The van der Waals surface area contributed by atoms with E-state index in [0.717, 1.165) is 19.6 Å². The molecule has 0 saturated carbocycles. The van der Waals surface area contributed by atoms with Crippen molar-refractivity contribution < 1.29 is 0 Å². The van der Waals surface area contributed by atoms with Gasteiger partial charge in [0.2, 0.25) is 0 Å². The van der Waals surface area contributed by atoms with Crippen LogP contribution in [0.5, 0.6) is 0 Å². The molecule has 1 aliphatic rings. The molecule has 1 aliphatic heterocycles. The standard InChI is InChI=1S/C10H21N3/c1-4-9(2)13-7-10(12-8-13)5-6-11-3/h7,9,11-12H,4-6,8H2,1-3H3. The van der Waals surface area contributed by atoms with Gasteiger partial charge in [-0.2, -0.15) is 0 Å². The molecular weight excluding hydrogens is 162 g/mol. The second kappa shape index (κ2) is 5.12. The Morgan fingerprint density at radius 1 is 1.69 bits per heavy atom. The summed E-state index contributed by atoms with van der Waals surface area (Å²) in [5.41, 5.74) is 1.36. The second-order valence-corrected chi connectivity index (χ2v) is 3.61. The minimum Gasteiger partial charge on any atom is -0.370 e. The summed E-state index contributed by atoms with van der Waals surface area (Å²) in [7, 11) is 1.99. The summed E-state index contributed by atoms with van der Waals surface area (Å²) in [4.78, 5) is 2.37. The van der Waals surface area contributed by atoms with Crippen molar-refractivity contribution in [1.82, 2.24) is 15.5 Å². The largest absolute Gasteiger partial charge is 0.370 e. The van der Waals surface area contributed by atoms with Gasteiger partial charge in [-0.25, -0.2) is 0 Å². The third-order valence-electron chi connectivity index (χ3n) is 2.61. The van der Waals surface area contributed by atoms with E-state index >= 15 is 0 Å². The second-order valence-electron chi connectivity index (χ2n) is 3.61. The van der Waals surface area contributed by atoms with Crippen molar-refractivity contribution in [1.29, 1.82) is 0 Å². The van der Waals surface area contributed by atoms with Crippen LogP contribution >= 0.6 is 0 Å². The van der Waals surface area contributed by atoms with Crippen LogP contribution in [-0.4, -0.2) is 31.2 Å². The first-order valence-electron chi connectivity index (χ1n) is 5.12. The molecule has 0 aromatic carbocycles. The Hall–Kier alpha value is -0.700. The van der Waals surface area contributed by atoms with Crippen LogP contribution in [0.1, 0.15) is 26.7 Å². The molecule has 0 spiro atoms.